The quantitative estimate of drug-likeness (QED) is 0.667. The largest absolute Gasteiger partial charge is 0.353 e. The van der Waals surface area contributed by atoms with Crippen molar-refractivity contribution < 1.29 is 4.79 Å². The van der Waals surface area contributed by atoms with E-state index >= 15 is 0 Å². The summed E-state index contributed by atoms with van der Waals surface area (Å²) < 4.78 is 0. The van der Waals surface area contributed by atoms with Gasteiger partial charge in [-0.2, -0.15) is 0 Å². The van der Waals surface area contributed by atoms with E-state index in [2.05, 4.69) is 46.4 Å². The van der Waals surface area contributed by atoms with Gasteiger partial charge in [0.05, 0.1) is 0 Å². The summed E-state index contributed by atoms with van der Waals surface area (Å²) in [7, 11) is 3.57. The van der Waals surface area contributed by atoms with Crippen molar-refractivity contribution in [3.8, 4) is 0 Å². The molecular weight excluding hydrogens is 324 g/mol. The van der Waals surface area contributed by atoms with Crippen LogP contribution in [0.5, 0.6) is 0 Å². The van der Waals surface area contributed by atoms with Gasteiger partial charge in [0.25, 0.3) is 0 Å². The number of benzene rings is 1. The summed E-state index contributed by atoms with van der Waals surface area (Å²) in [4.78, 5) is 20.6. The van der Waals surface area contributed by atoms with Crippen molar-refractivity contribution in [3.05, 3.63) is 35.4 Å². The summed E-state index contributed by atoms with van der Waals surface area (Å²) in [6.45, 7) is 4.38. The Hall–Kier alpha value is -2.04. The number of aryl methyl sites for hydroxylation is 1. The summed E-state index contributed by atoms with van der Waals surface area (Å²) in [5.74, 6) is 1.50. The minimum absolute atomic E-state index is 0.0466. The molecular formula is C21H32N4O. The molecule has 142 valence electrons. The van der Waals surface area contributed by atoms with Crippen LogP contribution in [0.4, 0.5) is 0 Å². The predicted octanol–water partition coefficient (Wildman–Crippen LogP) is 2.76. The Kier molecular flexibility index (Phi) is 6.17. The molecule has 1 aliphatic heterocycles. The van der Waals surface area contributed by atoms with Crippen molar-refractivity contribution in [2.45, 2.75) is 51.0 Å². The highest BCUT2D eigenvalue weighted by atomic mass is 16.2. The number of likely N-dealkylation sites (tertiary alicyclic amines) is 1. The molecule has 1 aromatic carbocycles. The normalized spacial score (nSPS) is 21.3. The van der Waals surface area contributed by atoms with E-state index in [1.165, 1.54) is 36.8 Å². The van der Waals surface area contributed by atoms with Gasteiger partial charge in [-0.15, -0.1) is 0 Å². The molecule has 1 saturated heterocycles. The number of likely N-dealkylation sites (N-methyl/N-ethyl adjacent to an activating group) is 1. The van der Waals surface area contributed by atoms with Crippen LogP contribution < -0.4 is 5.32 Å². The van der Waals surface area contributed by atoms with E-state index in [1.54, 1.807) is 19.0 Å². The lowest BCUT2D eigenvalue weighted by Gasteiger charge is -2.25. The van der Waals surface area contributed by atoms with E-state index in [9.17, 15) is 4.79 Å². The first-order chi connectivity index (χ1) is 12.5. The third-order valence-electron chi connectivity index (χ3n) is 5.67. The standard InChI is InChI=1S/C21H32N4O/c1-16-8-4-7-11-19(16)17-12-13-25(15-17)21(22-14-20(26)24(2)3)23-18-9-5-6-10-18/h4,7-8,11,17-18H,5-6,9-10,12-15H2,1-3H3,(H,22,23). The Labute approximate surface area is 157 Å². The van der Waals surface area contributed by atoms with Gasteiger partial charge in [-0.05, 0) is 37.3 Å². The lowest BCUT2D eigenvalue weighted by atomic mass is 9.94. The number of carbonyl (C=O) groups is 1. The minimum Gasteiger partial charge on any atom is -0.353 e. The molecule has 1 N–H and O–H groups in total. The fourth-order valence-corrected chi connectivity index (χ4v) is 4.02. The Morgan fingerprint density at radius 1 is 1.23 bits per heavy atom. The van der Waals surface area contributed by atoms with Gasteiger partial charge in [0, 0.05) is 39.1 Å². The molecule has 1 amide bonds. The maximum Gasteiger partial charge on any atom is 0.243 e. The van der Waals surface area contributed by atoms with Crippen LogP contribution >= 0.6 is 0 Å². The molecule has 5 nitrogen and oxygen atoms in total. The van der Waals surface area contributed by atoms with Crippen LogP contribution in [0.25, 0.3) is 0 Å². The maximum absolute atomic E-state index is 12.0. The zero-order valence-corrected chi connectivity index (χ0v) is 16.4. The van der Waals surface area contributed by atoms with Gasteiger partial charge in [0.15, 0.2) is 5.96 Å². The molecule has 26 heavy (non-hydrogen) atoms. The molecule has 2 fully saturated rings. The van der Waals surface area contributed by atoms with Gasteiger partial charge < -0.3 is 15.1 Å². The first-order valence-corrected chi connectivity index (χ1v) is 9.86. The van der Waals surface area contributed by atoms with Crippen molar-refractivity contribution in [1.82, 2.24) is 15.1 Å². The number of nitrogens with one attached hydrogen (secondary N) is 1. The van der Waals surface area contributed by atoms with Gasteiger partial charge in [-0.1, -0.05) is 37.1 Å². The lowest BCUT2D eigenvalue weighted by molar-refractivity contribution is -0.127. The van der Waals surface area contributed by atoms with E-state index in [4.69, 9.17) is 0 Å². The van der Waals surface area contributed by atoms with Crippen molar-refractivity contribution in [2.24, 2.45) is 4.99 Å². The summed E-state index contributed by atoms with van der Waals surface area (Å²) >= 11 is 0. The van der Waals surface area contributed by atoms with Crippen LogP contribution in [0.15, 0.2) is 29.3 Å². The smallest absolute Gasteiger partial charge is 0.243 e. The Morgan fingerprint density at radius 3 is 2.65 bits per heavy atom. The number of rotatable bonds is 4. The second kappa shape index (κ2) is 8.56. The van der Waals surface area contributed by atoms with E-state index < -0.39 is 0 Å². The van der Waals surface area contributed by atoms with Gasteiger partial charge in [-0.25, -0.2) is 4.99 Å². The van der Waals surface area contributed by atoms with Crippen molar-refractivity contribution >= 4 is 11.9 Å². The average Bonchev–Trinajstić information content (AvgIpc) is 3.30. The molecule has 1 unspecified atom stereocenters. The van der Waals surface area contributed by atoms with Crippen LogP contribution in [0, 0.1) is 6.92 Å². The van der Waals surface area contributed by atoms with Crippen LogP contribution in [0.2, 0.25) is 0 Å². The number of guanidine groups is 1. The predicted molar refractivity (Wildman–Crippen MR) is 106 cm³/mol. The minimum atomic E-state index is 0.0466. The molecule has 1 heterocycles. The van der Waals surface area contributed by atoms with E-state index in [-0.39, 0.29) is 12.5 Å². The first kappa shape index (κ1) is 18.7. The van der Waals surface area contributed by atoms with Gasteiger partial charge >= 0.3 is 0 Å². The summed E-state index contributed by atoms with van der Waals surface area (Å²) in [5.41, 5.74) is 2.81. The van der Waals surface area contributed by atoms with Gasteiger partial charge in [-0.3, -0.25) is 4.79 Å². The van der Waals surface area contributed by atoms with Gasteiger partial charge in [0.1, 0.15) is 6.54 Å². The SMILES string of the molecule is Cc1ccccc1C1CCN(C(=NCC(=O)N(C)C)NC2CCCC2)C1. The summed E-state index contributed by atoms with van der Waals surface area (Å²) in [6.07, 6.45) is 6.12. The average molecular weight is 357 g/mol. The molecule has 3 rings (SSSR count). The number of amides is 1. The lowest BCUT2D eigenvalue weighted by Crippen LogP contribution is -2.45. The van der Waals surface area contributed by atoms with Crippen molar-refractivity contribution in [1.29, 1.82) is 0 Å². The first-order valence-electron chi connectivity index (χ1n) is 9.86. The van der Waals surface area contributed by atoms with Crippen LogP contribution in [0.1, 0.15) is 49.1 Å². The fraction of sp³-hybridized carbons (Fsp3) is 0.619. The summed E-state index contributed by atoms with van der Waals surface area (Å²) in [5, 5.41) is 3.64. The molecule has 1 saturated carbocycles. The number of hydrogen-bond donors (Lipinski definition) is 1. The van der Waals surface area contributed by atoms with Crippen molar-refractivity contribution in [2.75, 3.05) is 33.7 Å². The van der Waals surface area contributed by atoms with Crippen LogP contribution in [-0.4, -0.2) is 61.4 Å². The molecule has 5 heteroatoms. The second-order valence-electron chi connectivity index (χ2n) is 7.84. The van der Waals surface area contributed by atoms with E-state index in [0.29, 0.717) is 12.0 Å². The number of carbonyl (C=O) groups excluding carboxylic acids is 1. The summed E-state index contributed by atoms with van der Waals surface area (Å²) in [6, 6.07) is 9.18. The van der Waals surface area contributed by atoms with E-state index in [1.807, 2.05) is 0 Å². The Morgan fingerprint density at radius 2 is 1.96 bits per heavy atom. The zero-order chi connectivity index (χ0) is 18.5. The number of nitrogens with zero attached hydrogens (tertiary/aromatic N) is 3. The molecule has 0 spiro atoms. The van der Waals surface area contributed by atoms with Crippen molar-refractivity contribution in [3.63, 3.8) is 0 Å². The zero-order valence-electron chi connectivity index (χ0n) is 16.4. The topological polar surface area (TPSA) is 47.9 Å². The molecule has 1 aliphatic carbocycles. The number of aliphatic imine (C=N–C) groups is 1. The third kappa shape index (κ3) is 4.57. The Balaban J connectivity index is 1.70. The van der Waals surface area contributed by atoms with E-state index in [0.717, 1.165) is 25.5 Å². The molecule has 2 aliphatic rings. The molecule has 1 atom stereocenters. The molecule has 0 radical (unpaired) electrons. The highest BCUT2D eigenvalue weighted by Crippen LogP contribution is 2.29. The third-order valence-corrected chi connectivity index (χ3v) is 5.67. The highest BCUT2D eigenvalue weighted by Gasteiger charge is 2.28. The van der Waals surface area contributed by atoms with Crippen LogP contribution in [-0.2, 0) is 4.79 Å². The highest BCUT2D eigenvalue weighted by molar-refractivity contribution is 5.85. The molecule has 1 aromatic rings. The van der Waals surface area contributed by atoms with Crippen LogP contribution in [0.3, 0.4) is 0 Å². The fourth-order valence-electron chi connectivity index (χ4n) is 4.02. The molecule has 0 bridgehead atoms. The maximum atomic E-state index is 12.0. The molecule has 0 aromatic heterocycles. The number of hydrogen-bond acceptors (Lipinski definition) is 2. The monoisotopic (exact) mass is 356 g/mol. The second-order valence-corrected chi connectivity index (χ2v) is 7.84. The Bertz CT molecular complexity index is 649. The van der Waals surface area contributed by atoms with Gasteiger partial charge in [0.2, 0.25) is 5.91 Å².